The van der Waals surface area contributed by atoms with E-state index in [1.54, 1.807) is 6.20 Å². The number of hydrogen-bond donors (Lipinski definition) is 1. The molecule has 1 fully saturated rings. The maximum Gasteiger partial charge on any atom is 0.0624 e. The van der Waals surface area contributed by atoms with E-state index in [0.29, 0.717) is 5.92 Å². The Hall–Kier alpha value is -0.600. The van der Waals surface area contributed by atoms with Crippen LogP contribution in [0.15, 0.2) is 18.5 Å². The summed E-state index contributed by atoms with van der Waals surface area (Å²) in [4.78, 5) is 3.99. The summed E-state index contributed by atoms with van der Waals surface area (Å²) < 4.78 is 0. The maximum atomic E-state index is 6.07. The van der Waals surface area contributed by atoms with Crippen LogP contribution >= 0.6 is 11.6 Å². The molecular weight excluding hydrogens is 184 g/mol. The van der Waals surface area contributed by atoms with E-state index in [1.165, 1.54) is 18.4 Å². The van der Waals surface area contributed by atoms with Gasteiger partial charge in [-0.25, -0.2) is 0 Å². The lowest BCUT2D eigenvalue weighted by atomic mass is 9.91. The van der Waals surface area contributed by atoms with Gasteiger partial charge in [0.25, 0.3) is 0 Å². The highest BCUT2D eigenvalue weighted by molar-refractivity contribution is 6.31. The molecule has 0 bridgehead atoms. The molecule has 1 aliphatic heterocycles. The number of piperidine rings is 1. The van der Waals surface area contributed by atoms with Crippen molar-refractivity contribution in [1.29, 1.82) is 0 Å². The first-order valence-electron chi connectivity index (χ1n) is 4.68. The zero-order valence-corrected chi connectivity index (χ0v) is 8.22. The van der Waals surface area contributed by atoms with Crippen LogP contribution < -0.4 is 5.32 Å². The van der Waals surface area contributed by atoms with Gasteiger partial charge in [-0.3, -0.25) is 4.98 Å². The van der Waals surface area contributed by atoms with Gasteiger partial charge in [-0.15, -0.1) is 0 Å². The van der Waals surface area contributed by atoms with Crippen LogP contribution in [0, 0.1) is 0 Å². The van der Waals surface area contributed by atoms with Crippen LogP contribution in [-0.4, -0.2) is 18.1 Å². The fourth-order valence-corrected chi connectivity index (χ4v) is 2.12. The minimum absolute atomic E-state index is 0.622. The highest BCUT2D eigenvalue weighted by atomic mass is 35.5. The molecule has 2 nitrogen and oxygen atoms in total. The molecule has 1 N–H and O–H groups in total. The molecule has 0 saturated carbocycles. The summed E-state index contributed by atoms with van der Waals surface area (Å²) in [6.07, 6.45) is 5.93. The van der Waals surface area contributed by atoms with Gasteiger partial charge in [0.05, 0.1) is 5.02 Å². The fourth-order valence-electron chi connectivity index (χ4n) is 1.85. The number of hydrogen-bond acceptors (Lipinski definition) is 2. The second-order valence-corrected chi connectivity index (χ2v) is 3.83. The van der Waals surface area contributed by atoms with Crippen molar-refractivity contribution in [3.8, 4) is 0 Å². The number of aromatic nitrogens is 1. The Morgan fingerprint density at radius 2 is 2.15 bits per heavy atom. The molecule has 2 heterocycles. The Kier molecular flexibility index (Phi) is 2.81. The van der Waals surface area contributed by atoms with Crippen LogP contribution in [0.3, 0.4) is 0 Å². The molecule has 2 rings (SSSR count). The predicted octanol–water partition coefficient (Wildman–Crippen LogP) is 2.20. The summed E-state index contributed by atoms with van der Waals surface area (Å²) in [5.74, 6) is 0.622. The average molecular weight is 197 g/mol. The van der Waals surface area contributed by atoms with Gasteiger partial charge in [0.1, 0.15) is 0 Å². The van der Waals surface area contributed by atoms with Crippen molar-refractivity contribution in [3.05, 3.63) is 29.0 Å². The van der Waals surface area contributed by atoms with Gasteiger partial charge in [-0.05, 0) is 43.5 Å². The van der Waals surface area contributed by atoms with E-state index in [0.717, 1.165) is 18.1 Å². The molecule has 0 unspecified atom stereocenters. The Bertz CT molecular complexity index is 282. The summed E-state index contributed by atoms with van der Waals surface area (Å²) in [5, 5.41) is 4.16. The van der Waals surface area contributed by atoms with E-state index < -0.39 is 0 Å². The number of rotatable bonds is 1. The Morgan fingerprint density at radius 1 is 1.38 bits per heavy atom. The van der Waals surface area contributed by atoms with Crippen molar-refractivity contribution in [2.75, 3.05) is 13.1 Å². The van der Waals surface area contributed by atoms with Crippen molar-refractivity contribution in [3.63, 3.8) is 0 Å². The van der Waals surface area contributed by atoms with Gasteiger partial charge in [0, 0.05) is 12.4 Å². The molecule has 0 spiro atoms. The first-order chi connectivity index (χ1) is 6.38. The standard InChI is InChI=1S/C10H13ClN2/c11-10-7-13-6-3-9(10)8-1-4-12-5-2-8/h3,6-8,12H,1-2,4-5H2. The van der Waals surface area contributed by atoms with Gasteiger partial charge in [0.15, 0.2) is 0 Å². The number of halogens is 1. The van der Waals surface area contributed by atoms with E-state index in [9.17, 15) is 0 Å². The third-order valence-corrected chi connectivity index (χ3v) is 2.90. The quantitative estimate of drug-likeness (QED) is 0.745. The third kappa shape index (κ3) is 2.01. The molecule has 1 aromatic rings. The summed E-state index contributed by atoms with van der Waals surface area (Å²) in [6.45, 7) is 2.20. The largest absolute Gasteiger partial charge is 0.317 e. The molecule has 0 amide bonds. The molecular formula is C10H13ClN2. The van der Waals surface area contributed by atoms with Crippen LogP contribution in [0.25, 0.3) is 0 Å². The smallest absolute Gasteiger partial charge is 0.0624 e. The molecule has 1 saturated heterocycles. The zero-order valence-electron chi connectivity index (χ0n) is 7.46. The SMILES string of the molecule is Clc1cnccc1C1CCNCC1. The minimum atomic E-state index is 0.622. The van der Waals surface area contributed by atoms with Gasteiger partial charge in [0.2, 0.25) is 0 Å². The van der Waals surface area contributed by atoms with Gasteiger partial charge < -0.3 is 5.32 Å². The van der Waals surface area contributed by atoms with Gasteiger partial charge >= 0.3 is 0 Å². The van der Waals surface area contributed by atoms with Crippen molar-refractivity contribution in [2.45, 2.75) is 18.8 Å². The Balaban J connectivity index is 2.18. The summed E-state index contributed by atoms with van der Waals surface area (Å²) in [5.41, 5.74) is 1.26. The molecule has 1 aliphatic rings. The predicted molar refractivity (Wildman–Crippen MR) is 54.1 cm³/mol. The van der Waals surface area contributed by atoms with Gasteiger partial charge in [-0.1, -0.05) is 11.6 Å². The summed E-state index contributed by atoms with van der Waals surface area (Å²) in [6, 6.07) is 2.04. The van der Waals surface area contributed by atoms with Crippen molar-refractivity contribution in [1.82, 2.24) is 10.3 Å². The lowest BCUT2D eigenvalue weighted by molar-refractivity contribution is 0.460. The number of pyridine rings is 1. The van der Waals surface area contributed by atoms with Crippen LogP contribution in [0.4, 0.5) is 0 Å². The number of nitrogens with one attached hydrogen (secondary N) is 1. The lowest BCUT2D eigenvalue weighted by Crippen LogP contribution is -2.26. The monoisotopic (exact) mass is 196 g/mol. The van der Waals surface area contributed by atoms with Crippen LogP contribution in [0.1, 0.15) is 24.3 Å². The van der Waals surface area contributed by atoms with Crippen molar-refractivity contribution >= 4 is 11.6 Å². The normalized spacial score (nSPS) is 18.8. The first-order valence-corrected chi connectivity index (χ1v) is 5.06. The first kappa shape index (κ1) is 8.97. The van der Waals surface area contributed by atoms with Gasteiger partial charge in [-0.2, -0.15) is 0 Å². The maximum absolute atomic E-state index is 6.07. The molecule has 0 aliphatic carbocycles. The van der Waals surface area contributed by atoms with Crippen LogP contribution in [-0.2, 0) is 0 Å². The molecule has 0 radical (unpaired) electrons. The van der Waals surface area contributed by atoms with Crippen molar-refractivity contribution in [2.24, 2.45) is 0 Å². The van der Waals surface area contributed by atoms with Crippen LogP contribution in [0.5, 0.6) is 0 Å². The second kappa shape index (κ2) is 4.07. The Labute approximate surface area is 83.3 Å². The van der Waals surface area contributed by atoms with E-state index >= 15 is 0 Å². The Morgan fingerprint density at radius 3 is 2.85 bits per heavy atom. The van der Waals surface area contributed by atoms with Crippen molar-refractivity contribution < 1.29 is 0 Å². The lowest BCUT2D eigenvalue weighted by Gasteiger charge is -2.23. The second-order valence-electron chi connectivity index (χ2n) is 3.42. The molecule has 13 heavy (non-hydrogen) atoms. The zero-order chi connectivity index (χ0) is 9.10. The van der Waals surface area contributed by atoms with E-state index in [1.807, 2.05) is 12.3 Å². The molecule has 0 atom stereocenters. The fraction of sp³-hybridized carbons (Fsp3) is 0.500. The topological polar surface area (TPSA) is 24.9 Å². The van der Waals surface area contributed by atoms with Crippen LogP contribution in [0.2, 0.25) is 5.02 Å². The van der Waals surface area contributed by atoms with E-state index in [2.05, 4.69) is 10.3 Å². The molecule has 1 aromatic heterocycles. The van der Waals surface area contributed by atoms with E-state index in [4.69, 9.17) is 11.6 Å². The highest BCUT2D eigenvalue weighted by Gasteiger charge is 2.16. The summed E-state index contributed by atoms with van der Waals surface area (Å²) in [7, 11) is 0. The molecule has 70 valence electrons. The third-order valence-electron chi connectivity index (χ3n) is 2.58. The average Bonchev–Trinajstić information content (AvgIpc) is 2.20. The molecule has 3 heteroatoms. The van der Waals surface area contributed by atoms with E-state index in [-0.39, 0.29) is 0 Å². The summed E-state index contributed by atoms with van der Waals surface area (Å²) >= 11 is 6.07. The minimum Gasteiger partial charge on any atom is -0.317 e. The molecule has 0 aromatic carbocycles. The highest BCUT2D eigenvalue weighted by Crippen LogP contribution is 2.29. The number of nitrogens with zero attached hydrogens (tertiary/aromatic N) is 1.